The monoisotopic (exact) mass is 309 g/mol. The van der Waals surface area contributed by atoms with Gasteiger partial charge in [-0.1, -0.05) is 49.3 Å². The highest BCUT2D eigenvalue weighted by molar-refractivity contribution is 7.99. The summed E-state index contributed by atoms with van der Waals surface area (Å²) >= 11 is 7.60. The summed E-state index contributed by atoms with van der Waals surface area (Å²) < 4.78 is 13.3. The van der Waals surface area contributed by atoms with Gasteiger partial charge in [0, 0.05) is 27.4 Å². The number of benzene rings is 2. The lowest BCUT2D eigenvalue weighted by atomic mass is 10.2. The van der Waals surface area contributed by atoms with Crippen LogP contribution in [0.25, 0.3) is 0 Å². The Labute approximate surface area is 128 Å². The third kappa shape index (κ3) is 4.51. The second kappa shape index (κ2) is 7.11. The summed E-state index contributed by atoms with van der Waals surface area (Å²) in [6.07, 6.45) is 0. The third-order valence-electron chi connectivity index (χ3n) is 2.75. The zero-order valence-corrected chi connectivity index (χ0v) is 13.1. The van der Waals surface area contributed by atoms with Crippen LogP contribution in [0.3, 0.4) is 0 Å². The van der Waals surface area contributed by atoms with E-state index in [2.05, 4.69) is 19.2 Å². The second-order valence-corrected chi connectivity index (χ2v) is 6.40. The summed E-state index contributed by atoms with van der Waals surface area (Å²) in [4.78, 5) is 1.93. The van der Waals surface area contributed by atoms with E-state index in [0.29, 0.717) is 11.1 Å². The zero-order chi connectivity index (χ0) is 14.5. The van der Waals surface area contributed by atoms with Crippen molar-refractivity contribution in [2.24, 2.45) is 0 Å². The van der Waals surface area contributed by atoms with Crippen LogP contribution in [0, 0.1) is 5.82 Å². The minimum absolute atomic E-state index is 0.223. The van der Waals surface area contributed by atoms with Crippen LogP contribution >= 0.6 is 23.4 Å². The highest BCUT2D eigenvalue weighted by Crippen LogP contribution is 2.32. The molecule has 0 aromatic heterocycles. The molecule has 0 bridgehead atoms. The molecule has 0 amide bonds. The predicted molar refractivity (Wildman–Crippen MR) is 84.0 cm³/mol. The molecule has 0 radical (unpaired) electrons. The fraction of sp³-hybridized carbons (Fsp3) is 0.250. The van der Waals surface area contributed by atoms with Gasteiger partial charge in [-0.05, 0) is 35.9 Å². The van der Waals surface area contributed by atoms with Crippen molar-refractivity contribution in [1.82, 2.24) is 5.32 Å². The molecule has 0 atom stereocenters. The van der Waals surface area contributed by atoms with Crippen molar-refractivity contribution in [3.05, 3.63) is 58.9 Å². The van der Waals surface area contributed by atoms with Crippen molar-refractivity contribution in [3.63, 3.8) is 0 Å². The van der Waals surface area contributed by atoms with E-state index in [-0.39, 0.29) is 5.82 Å². The van der Waals surface area contributed by atoms with Gasteiger partial charge in [-0.2, -0.15) is 0 Å². The maximum absolute atomic E-state index is 13.3. The highest BCUT2D eigenvalue weighted by atomic mass is 35.5. The first-order valence-electron chi connectivity index (χ1n) is 6.50. The summed E-state index contributed by atoms with van der Waals surface area (Å²) in [5.74, 6) is -0.223. The third-order valence-corrected chi connectivity index (χ3v) is 4.08. The molecule has 0 aliphatic heterocycles. The van der Waals surface area contributed by atoms with E-state index in [4.69, 9.17) is 11.6 Å². The summed E-state index contributed by atoms with van der Waals surface area (Å²) in [5, 5.41) is 4.08. The van der Waals surface area contributed by atoms with Gasteiger partial charge in [-0.3, -0.25) is 0 Å². The molecule has 20 heavy (non-hydrogen) atoms. The second-order valence-electron chi connectivity index (χ2n) is 4.85. The van der Waals surface area contributed by atoms with Gasteiger partial charge in [-0.15, -0.1) is 0 Å². The van der Waals surface area contributed by atoms with Crippen molar-refractivity contribution in [2.75, 3.05) is 0 Å². The SMILES string of the molecule is CC(C)NCc1ccc(Cl)cc1Sc1cccc(F)c1. The van der Waals surface area contributed by atoms with Gasteiger partial charge >= 0.3 is 0 Å². The summed E-state index contributed by atoms with van der Waals surface area (Å²) in [7, 11) is 0. The Morgan fingerprint density at radius 2 is 2.00 bits per heavy atom. The summed E-state index contributed by atoms with van der Waals surface area (Å²) in [5.41, 5.74) is 1.16. The highest BCUT2D eigenvalue weighted by Gasteiger charge is 2.07. The summed E-state index contributed by atoms with van der Waals surface area (Å²) in [6, 6.07) is 12.8. The van der Waals surface area contributed by atoms with Gasteiger partial charge in [0.25, 0.3) is 0 Å². The molecule has 2 aromatic carbocycles. The van der Waals surface area contributed by atoms with E-state index in [9.17, 15) is 4.39 Å². The maximum atomic E-state index is 13.3. The zero-order valence-electron chi connectivity index (χ0n) is 11.5. The maximum Gasteiger partial charge on any atom is 0.124 e. The molecule has 1 N–H and O–H groups in total. The van der Waals surface area contributed by atoms with Crippen LogP contribution in [-0.4, -0.2) is 6.04 Å². The quantitative estimate of drug-likeness (QED) is 0.822. The average molecular weight is 310 g/mol. The topological polar surface area (TPSA) is 12.0 Å². The molecule has 1 nitrogen and oxygen atoms in total. The van der Waals surface area contributed by atoms with E-state index < -0.39 is 0 Å². The van der Waals surface area contributed by atoms with Crippen LogP contribution in [0.2, 0.25) is 5.02 Å². The van der Waals surface area contributed by atoms with Crippen LogP contribution in [0.4, 0.5) is 4.39 Å². The Morgan fingerprint density at radius 3 is 2.70 bits per heavy atom. The lowest BCUT2D eigenvalue weighted by molar-refractivity contribution is 0.585. The fourth-order valence-electron chi connectivity index (χ4n) is 1.74. The lowest BCUT2D eigenvalue weighted by Gasteiger charge is -2.13. The van der Waals surface area contributed by atoms with E-state index in [1.165, 1.54) is 23.9 Å². The predicted octanol–water partition coefficient (Wildman–Crippen LogP) is 5.13. The molecule has 0 fully saturated rings. The van der Waals surface area contributed by atoms with Crippen molar-refractivity contribution < 1.29 is 4.39 Å². The molecule has 2 rings (SSSR count). The number of nitrogens with one attached hydrogen (secondary N) is 1. The number of halogens is 2. The molecule has 106 valence electrons. The Balaban J connectivity index is 2.22. The Bertz CT molecular complexity index is 586. The molecular weight excluding hydrogens is 293 g/mol. The molecule has 0 aliphatic rings. The van der Waals surface area contributed by atoms with Crippen molar-refractivity contribution in [3.8, 4) is 0 Å². The van der Waals surface area contributed by atoms with Gasteiger partial charge in [0.1, 0.15) is 5.82 Å². The van der Waals surface area contributed by atoms with E-state index in [0.717, 1.165) is 21.9 Å². The Morgan fingerprint density at radius 1 is 1.20 bits per heavy atom. The van der Waals surface area contributed by atoms with Crippen LogP contribution < -0.4 is 5.32 Å². The van der Waals surface area contributed by atoms with Gasteiger partial charge in [-0.25, -0.2) is 4.39 Å². The molecule has 4 heteroatoms. The number of rotatable bonds is 5. The van der Waals surface area contributed by atoms with Gasteiger partial charge < -0.3 is 5.32 Å². The van der Waals surface area contributed by atoms with Crippen LogP contribution in [-0.2, 0) is 6.54 Å². The van der Waals surface area contributed by atoms with E-state index in [1.54, 1.807) is 6.07 Å². The van der Waals surface area contributed by atoms with E-state index in [1.807, 2.05) is 24.3 Å². The molecule has 0 heterocycles. The molecule has 0 saturated carbocycles. The van der Waals surface area contributed by atoms with Crippen LogP contribution in [0.15, 0.2) is 52.3 Å². The number of hydrogen-bond donors (Lipinski definition) is 1. The van der Waals surface area contributed by atoms with Gasteiger partial charge in [0.2, 0.25) is 0 Å². The average Bonchev–Trinajstić information content (AvgIpc) is 2.37. The van der Waals surface area contributed by atoms with Crippen LogP contribution in [0.1, 0.15) is 19.4 Å². The molecule has 0 spiro atoms. The first-order valence-corrected chi connectivity index (χ1v) is 7.69. The molecule has 0 aliphatic carbocycles. The molecule has 2 aromatic rings. The molecule has 0 unspecified atom stereocenters. The normalized spacial score (nSPS) is 11.1. The number of hydrogen-bond acceptors (Lipinski definition) is 2. The molecule has 0 saturated heterocycles. The van der Waals surface area contributed by atoms with Crippen molar-refractivity contribution >= 4 is 23.4 Å². The smallest absolute Gasteiger partial charge is 0.124 e. The Kier molecular flexibility index (Phi) is 5.46. The largest absolute Gasteiger partial charge is 0.310 e. The first-order chi connectivity index (χ1) is 9.54. The van der Waals surface area contributed by atoms with E-state index >= 15 is 0 Å². The standard InChI is InChI=1S/C16H17ClFNS/c1-11(2)19-10-12-6-7-13(17)8-16(12)20-15-5-3-4-14(18)9-15/h3-9,11,19H,10H2,1-2H3. The van der Waals surface area contributed by atoms with Gasteiger partial charge in [0.05, 0.1) is 0 Å². The van der Waals surface area contributed by atoms with Gasteiger partial charge in [0.15, 0.2) is 0 Å². The fourth-order valence-corrected chi connectivity index (χ4v) is 3.01. The van der Waals surface area contributed by atoms with Crippen molar-refractivity contribution in [2.45, 2.75) is 36.2 Å². The van der Waals surface area contributed by atoms with Crippen molar-refractivity contribution in [1.29, 1.82) is 0 Å². The lowest BCUT2D eigenvalue weighted by Crippen LogP contribution is -2.22. The Hall–Kier alpha value is -1.03. The summed E-state index contributed by atoms with van der Waals surface area (Å²) in [6.45, 7) is 4.98. The van der Waals surface area contributed by atoms with Crippen LogP contribution in [0.5, 0.6) is 0 Å². The minimum Gasteiger partial charge on any atom is -0.310 e. The minimum atomic E-state index is -0.223. The molecular formula is C16H17ClFNS. The first kappa shape index (κ1) is 15.4.